The molecule has 0 heterocycles. The predicted molar refractivity (Wildman–Crippen MR) is 91.4 cm³/mol. The van der Waals surface area contributed by atoms with Crippen molar-refractivity contribution in [2.75, 3.05) is 6.61 Å². The highest BCUT2D eigenvalue weighted by Gasteiger charge is 2.08. The van der Waals surface area contributed by atoms with Gasteiger partial charge in [-0.05, 0) is 59.3 Å². The normalized spacial score (nSPS) is 9.91. The van der Waals surface area contributed by atoms with Crippen LogP contribution in [0.25, 0.3) is 0 Å². The first-order valence-corrected chi connectivity index (χ1v) is 7.67. The van der Waals surface area contributed by atoms with Crippen molar-refractivity contribution in [1.82, 2.24) is 10.9 Å². The van der Waals surface area contributed by atoms with E-state index >= 15 is 0 Å². The minimum absolute atomic E-state index is 0.169. The number of amides is 2. The van der Waals surface area contributed by atoms with Gasteiger partial charge in [0.15, 0.2) is 6.61 Å². The van der Waals surface area contributed by atoms with Gasteiger partial charge in [-0.15, -0.1) is 0 Å². The lowest BCUT2D eigenvalue weighted by molar-refractivity contribution is -0.123. The van der Waals surface area contributed by atoms with Crippen LogP contribution in [-0.2, 0) is 4.79 Å². The van der Waals surface area contributed by atoms with E-state index in [0.717, 1.165) is 9.13 Å². The van der Waals surface area contributed by atoms with Crippen LogP contribution in [0.1, 0.15) is 15.9 Å². The zero-order valence-electron chi connectivity index (χ0n) is 11.9. The van der Waals surface area contributed by atoms with Crippen LogP contribution in [0.2, 0.25) is 0 Å². The SMILES string of the molecule is Cc1ccccc1OCC(=O)NNC(=O)c1cccc(I)c1. The Morgan fingerprint density at radius 1 is 1.09 bits per heavy atom. The number of aryl methyl sites for hydroxylation is 1. The van der Waals surface area contributed by atoms with E-state index in [1.165, 1.54) is 0 Å². The molecule has 2 rings (SSSR count). The van der Waals surface area contributed by atoms with Crippen LogP contribution in [0.5, 0.6) is 5.75 Å². The van der Waals surface area contributed by atoms with Crippen LogP contribution >= 0.6 is 22.6 Å². The Bertz CT molecular complexity index is 689. The first kappa shape index (κ1) is 16.3. The molecule has 0 fully saturated rings. The van der Waals surface area contributed by atoms with Gasteiger partial charge in [0.2, 0.25) is 0 Å². The molecular weight excluding hydrogens is 395 g/mol. The lowest BCUT2D eigenvalue weighted by Crippen LogP contribution is -2.43. The molecule has 2 aromatic carbocycles. The summed E-state index contributed by atoms with van der Waals surface area (Å²) in [6.07, 6.45) is 0. The number of para-hydroxylation sites is 1. The molecule has 2 N–H and O–H groups in total. The molecule has 2 amide bonds. The van der Waals surface area contributed by atoms with E-state index < -0.39 is 5.91 Å². The largest absolute Gasteiger partial charge is 0.483 e. The molecule has 0 spiro atoms. The summed E-state index contributed by atoms with van der Waals surface area (Å²) >= 11 is 2.12. The average molecular weight is 410 g/mol. The fourth-order valence-corrected chi connectivity index (χ4v) is 2.27. The summed E-state index contributed by atoms with van der Waals surface area (Å²) in [6.45, 7) is 1.73. The maximum absolute atomic E-state index is 11.9. The van der Waals surface area contributed by atoms with Gasteiger partial charge in [-0.3, -0.25) is 20.4 Å². The molecule has 0 aliphatic carbocycles. The molecule has 2 aromatic rings. The van der Waals surface area contributed by atoms with Crippen molar-refractivity contribution < 1.29 is 14.3 Å². The van der Waals surface area contributed by atoms with E-state index in [1.807, 2.05) is 31.2 Å². The van der Waals surface area contributed by atoms with Gasteiger partial charge in [0.05, 0.1) is 0 Å². The van der Waals surface area contributed by atoms with Crippen LogP contribution in [0, 0.1) is 10.5 Å². The Hall–Kier alpha value is -2.09. The molecule has 6 heteroatoms. The number of hydrogen-bond acceptors (Lipinski definition) is 3. The molecule has 0 unspecified atom stereocenters. The highest BCUT2D eigenvalue weighted by molar-refractivity contribution is 14.1. The fraction of sp³-hybridized carbons (Fsp3) is 0.125. The number of rotatable bonds is 4. The van der Waals surface area contributed by atoms with E-state index in [0.29, 0.717) is 11.3 Å². The summed E-state index contributed by atoms with van der Waals surface area (Å²) in [7, 11) is 0. The average Bonchev–Trinajstić information content (AvgIpc) is 2.52. The molecule has 0 bridgehead atoms. The van der Waals surface area contributed by atoms with Gasteiger partial charge in [-0.1, -0.05) is 24.3 Å². The molecule has 0 aromatic heterocycles. The number of benzene rings is 2. The molecule has 0 radical (unpaired) electrons. The standard InChI is InChI=1S/C16H15IN2O3/c1-11-5-2-3-8-14(11)22-10-15(20)18-19-16(21)12-6-4-7-13(17)9-12/h2-9H,10H2,1H3,(H,18,20)(H,19,21). The lowest BCUT2D eigenvalue weighted by atomic mass is 10.2. The van der Waals surface area contributed by atoms with Crippen molar-refractivity contribution in [3.8, 4) is 5.75 Å². The van der Waals surface area contributed by atoms with E-state index in [2.05, 4.69) is 33.4 Å². The van der Waals surface area contributed by atoms with E-state index in [4.69, 9.17) is 4.74 Å². The topological polar surface area (TPSA) is 67.4 Å². The van der Waals surface area contributed by atoms with Gasteiger partial charge < -0.3 is 4.74 Å². The summed E-state index contributed by atoms with van der Waals surface area (Å²) < 4.78 is 6.34. The smallest absolute Gasteiger partial charge is 0.276 e. The third-order valence-electron chi connectivity index (χ3n) is 2.85. The van der Waals surface area contributed by atoms with Crippen LogP contribution in [0.3, 0.4) is 0 Å². The van der Waals surface area contributed by atoms with Crippen LogP contribution < -0.4 is 15.6 Å². The molecule has 0 atom stereocenters. The van der Waals surface area contributed by atoms with Crippen LogP contribution in [0.15, 0.2) is 48.5 Å². The number of halogens is 1. The van der Waals surface area contributed by atoms with Crippen molar-refractivity contribution in [2.45, 2.75) is 6.92 Å². The van der Waals surface area contributed by atoms with Crippen molar-refractivity contribution >= 4 is 34.4 Å². The highest BCUT2D eigenvalue weighted by atomic mass is 127. The van der Waals surface area contributed by atoms with Gasteiger partial charge >= 0.3 is 0 Å². The van der Waals surface area contributed by atoms with E-state index in [9.17, 15) is 9.59 Å². The predicted octanol–water partition coefficient (Wildman–Crippen LogP) is 2.44. The summed E-state index contributed by atoms with van der Waals surface area (Å²) in [6, 6.07) is 14.5. The number of nitrogens with one attached hydrogen (secondary N) is 2. The van der Waals surface area contributed by atoms with Crippen molar-refractivity contribution in [3.63, 3.8) is 0 Å². The Labute approximate surface area is 142 Å². The molecule has 0 saturated heterocycles. The molecule has 0 aliphatic rings. The second kappa shape index (κ2) is 7.79. The highest BCUT2D eigenvalue weighted by Crippen LogP contribution is 2.15. The molecular formula is C16H15IN2O3. The second-order valence-corrected chi connectivity index (χ2v) is 5.81. The molecule has 0 saturated carbocycles. The maximum atomic E-state index is 11.9. The van der Waals surface area contributed by atoms with Gasteiger partial charge in [0.25, 0.3) is 11.8 Å². The summed E-state index contributed by atoms with van der Waals surface area (Å²) in [4.78, 5) is 23.5. The van der Waals surface area contributed by atoms with Crippen molar-refractivity contribution in [3.05, 3.63) is 63.2 Å². The third-order valence-corrected chi connectivity index (χ3v) is 3.53. The zero-order chi connectivity index (χ0) is 15.9. The Morgan fingerprint density at radius 3 is 2.59 bits per heavy atom. The number of hydrazine groups is 1. The zero-order valence-corrected chi connectivity index (χ0v) is 14.1. The number of carbonyl (C=O) groups is 2. The first-order valence-electron chi connectivity index (χ1n) is 6.59. The molecule has 0 aliphatic heterocycles. The van der Waals surface area contributed by atoms with Crippen molar-refractivity contribution in [1.29, 1.82) is 0 Å². The monoisotopic (exact) mass is 410 g/mol. The second-order valence-electron chi connectivity index (χ2n) is 4.57. The first-order chi connectivity index (χ1) is 10.6. The summed E-state index contributed by atoms with van der Waals surface area (Å²) in [5.74, 6) is -0.161. The van der Waals surface area contributed by atoms with E-state index in [1.54, 1.807) is 24.3 Å². The maximum Gasteiger partial charge on any atom is 0.276 e. The lowest BCUT2D eigenvalue weighted by Gasteiger charge is -2.10. The molecule has 114 valence electrons. The Morgan fingerprint density at radius 2 is 1.86 bits per heavy atom. The van der Waals surface area contributed by atoms with Gasteiger partial charge in [-0.2, -0.15) is 0 Å². The number of carbonyl (C=O) groups excluding carboxylic acids is 2. The quantitative estimate of drug-likeness (QED) is 0.601. The van der Waals surface area contributed by atoms with Gasteiger partial charge in [0.1, 0.15) is 5.75 Å². The molecule has 22 heavy (non-hydrogen) atoms. The third kappa shape index (κ3) is 4.73. The fourth-order valence-electron chi connectivity index (χ4n) is 1.73. The van der Waals surface area contributed by atoms with Gasteiger partial charge in [0, 0.05) is 9.13 Å². The Kier molecular flexibility index (Phi) is 5.76. The minimum Gasteiger partial charge on any atom is -0.483 e. The van der Waals surface area contributed by atoms with Crippen molar-refractivity contribution in [2.24, 2.45) is 0 Å². The number of ether oxygens (including phenoxy) is 1. The van der Waals surface area contributed by atoms with Crippen LogP contribution in [0.4, 0.5) is 0 Å². The summed E-state index contributed by atoms with van der Waals surface area (Å²) in [5, 5.41) is 0. The Balaban J connectivity index is 1.81. The summed E-state index contributed by atoms with van der Waals surface area (Å²) in [5.41, 5.74) is 6.10. The minimum atomic E-state index is -0.428. The van der Waals surface area contributed by atoms with E-state index in [-0.39, 0.29) is 12.5 Å². The van der Waals surface area contributed by atoms with Crippen LogP contribution in [-0.4, -0.2) is 18.4 Å². The van der Waals surface area contributed by atoms with Gasteiger partial charge in [-0.25, -0.2) is 0 Å². The number of hydrogen-bond donors (Lipinski definition) is 2. The molecule has 5 nitrogen and oxygen atoms in total.